The maximum atomic E-state index is 12.8. The first-order chi connectivity index (χ1) is 14.9. The number of amides is 3. The van der Waals surface area contributed by atoms with Crippen LogP contribution in [0.4, 0.5) is 10.8 Å². The van der Waals surface area contributed by atoms with Crippen LogP contribution in [0.1, 0.15) is 23.1 Å². The van der Waals surface area contributed by atoms with E-state index in [2.05, 4.69) is 15.6 Å². The third-order valence-corrected chi connectivity index (χ3v) is 6.98. The van der Waals surface area contributed by atoms with Crippen molar-refractivity contribution in [1.82, 2.24) is 10.3 Å². The van der Waals surface area contributed by atoms with Crippen LogP contribution in [0.5, 0.6) is 0 Å². The number of benzene rings is 1. The van der Waals surface area contributed by atoms with E-state index in [0.717, 1.165) is 26.0 Å². The Kier molecular flexibility index (Phi) is 6.15. The van der Waals surface area contributed by atoms with Crippen LogP contribution in [0.25, 0.3) is 10.6 Å². The van der Waals surface area contributed by atoms with Crippen LogP contribution in [0.2, 0.25) is 0 Å². The lowest BCUT2D eigenvalue weighted by Gasteiger charge is -2.16. The summed E-state index contributed by atoms with van der Waals surface area (Å²) in [6, 6.07) is 13.3. The number of hydrogen-bond donors (Lipinski definition) is 2. The Morgan fingerprint density at radius 2 is 1.94 bits per heavy atom. The Morgan fingerprint density at radius 3 is 2.68 bits per heavy atom. The number of anilines is 2. The van der Waals surface area contributed by atoms with Crippen molar-refractivity contribution in [2.45, 2.75) is 26.8 Å². The minimum Gasteiger partial charge on any atom is -0.351 e. The molecule has 0 spiro atoms. The Balaban J connectivity index is 1.42. The second-order valence-electron chi connectivity index (χ2n) is 7.33. The molecule has 1 fully saturated rings. The van der Waals surface area contributed by atoms with Crippen LogP contribution in [0.15, 0.2) is 42.5 Å². The molecule has 9 heteroatoms. The van der Waals surface area contributed by atoms with Crippen LogP contribution >= 0.6 is 22.7 Å². The molecule has 1 saturated heterocycles. The molecule has 1 aliphatic heterocycles. The first-order valence-corrected chi connectivity index (χ1v) is 11.5. The molecule has 3 amide bonds. The van der Waals surface area contributed by atoms with E-state index in [-0.39, 0.29) is 24.1 Å². The molecule has 3 heterocycles. The minimum atomic E-state index is -0.411. The summed E-state index contributed by atoms with van der Waals surface area (Å²) in [6.07, 6.45) is 0.190. The SMILES string of the molecule is CC(=O)NCc1ccc(-c2nc(NC(=O)C3CC(=O)N(c4ccccc4)C3)sc2C)s1. The molecule has 31 heavy (non-hydrogen) atoms. The van der Waals surface area contributed by atoms with Gasteiger partial charge in [0.1, 0.15) is 0 Å². The van der Waals surface area contributed by atoms with Gasteiger partial charge in [0.2, 0.25) is 17.7 Å². The van der Waals surface area contributed by atoms with Gasteiger partial charge in [-0.1, -0.05) is 18.2 Å². The summed E-state index contributed by atoms with van der Waals surface area (Å²) in [5.41, 5.74) is 1.63. The fourth-order valence-corrected chi connectivity index (χ4v) is 5.33. The molecule has 3 aromatic rings. The van der Waals surface area contributed by atoms with E-state index in [9.17, 15) is 14.4 Å². The molecular formula is C22H22N4O3S2. The highest BCUT2D eigenvalue weighted by atomic mass is 32.1. The topological polar surface area (TPSA) is 91.4 Å². The normalized spacial score (nSPS) is 15.9. The van der Waals surface area contributed by atoms with E-state index in [1.54, 1.807) is 16.2 Å². The Bertz CT molecular complexity index is 1120. The summed E-state index contributed by atoms with van der Waals surface area (Å²) in [6.45, 7) is 4.31. The fourth-order valence-electron chi connectivity index (χ4n) is 3.44. The second-order valence-corrected chi connectivity index (χ2v) is 9.70. The number of carbonyl (C=O) groups is 3. The molecule has 7 nitrogen and oxygen atoms in total. The van der Waals surface area contributed by atoms with Gasteiger partial charge in [-0.15, -0.1) is 22.7 Å². The summed E-state index contributed by atoms with van der Waals surface area (Å²) in [5.74, 6) is -0.718. The van der Waals surface area contributed by atoms with E-state index in [4.69, 9.17) is 0 Å². The van der Waals surface area contributed by atoms with Gasteiger partial charge in [-0.3, -0.25) is 14.4 Å². The molecule has 2 aromatic heterocycles. The number of aromatic nitrogens is 1. The van der Waals surface area contributed by atoms with E-state index in [1.165, 1.54) is 18.3 Å². The highest BCUT2D eigenvalue weighted by Crippen LogP contribution is 2.35. The fraction of sp³-hybridized carbons (Fsp3) is 0.273. The Hall–Kier alpha value is -3.04. The highest BCUT2D eigenvalue weighted by Gasteiger charge is 2.35. The number of aryl methyl sites for hydroxylation is 1. The van der Waals surface area contributed by atoms with Crippen LogP contribution in [-0.2, 0) is 20.9 Å². The van der Waals surface area contributed by atoms with Gasteiger partial charge in [0, 0.05) is 35.3 Å². The average molecular weight is 455 g/mol. The summed E-state index contributed by atoms with van der Waals surface area (Å²) < 4.78 is 0. The molecular weight excluding hydrogens is 432 g/mol. The molecule has 160 valence electrons. The standard InChI is InChI=1S/C22H22N4O3S2/c1-13-20(18-9-8-17(31-18)11-23-14(2)27)24-22(30-13)25-21(29)15-10-19(28)26(12-15)16-6-4-3-5-7-16/h3-9,15H,10-12H2,1-2H3,(H,23,27)(H,24,25,29). The number of nitrogens with zero attached hydrogens (tertiary/aromatic N) is 2. The molecule has 1 aliphatic rings. The van der Waals surface area contributed by atoms with Crippen molar-refractivity contribution in [3.05, 3.63) is 52.2 Å². The van der Waals surface area contributed by atoms with Gasteiger partial charge in [-0.25, -0.2) is 4.98 Å². The van der Waals surface area contributed by atoms with E-state index in [0.29, 0.717) is 18.2 Å². The molecule has 4 rings (SSSR count). The van der Waals surface area contributed by atoms with Crippen LogP contribution in [-0.4, -0.2) is 29.3 Å². The number of thiophene rings is 1. The lowest BCUT2D eigenvalue weighted by Crippen LogP contribution is -2.28. The summed E-state index contributed by atoms with van der Waals surface area (Å²) in [7, 11) is 0. The van der Waals surface area contributed by atoms with Crippen molar-refractivity contribution in [2.75, 3.05) is 16.8 Å². The van der Waals surface area contributed by atoms with E-state index < -0.39 is 5.92 Å². The largest absolute Gasteiger partial charge is 0.351 e. The van der Waals surface area contributed by atoms with Crippen molar-refractivity contribution in [1.29, 1.82) is 0 Å². The lowest BCUT2D eigenvalue weighted by molar-refractivity contribution is -0.122. The first kappa shape index (κ1) is 21.2. The zero-order valence-corrected chi connectivity index (χ0v) is 18.8. The third-order valence-electron chi connectivity index (χ3n) is 5.00. The quantitative estimate of drug-likeness (QED) is 0.593. The summed E-state index contributed by atoms with van der Waals surface area (Å²) in [4.78, 5) is 45.6. The minimum absolute atomic E-state index is 0.0485. The predicted molar refractivity (Wildman–Crippen MR) is 123 cm³/mol. The molecule has 0 saturated carbocycles. The Morgan fingerprint density at radius 1 is 1.16 bits per heavy atom. The maximum absolute atomic E-state index is 12.8. The number of para-hydroxylation sites is 1. The summed E-state index contributed by atoms with van der Waals surface area (Å²) in [5, 5.41) is 6.21. The van der Waals surface area contributed by atoms with Crippen molar-refractivity contribution in [2.24, 2.45) is 5.92 Å². The van der Waals surface area contributed by atoms with Crippen molar-refractivity contribution in [3.63, 3.8) is 0 Å². The lowest BCUT2D eigenvalue weighted by atomic mass is 10.1. The molecule has 2 N–H and O–H groups in total. The molecule has 1 aromatic carbocycles. The van der Waals surface area contributed by atoms with Crippen LogP contribution in [0.3, 0.4) is 0 Å². The van der Waals surface area contributed by atoms with E-state index in [1.807, 2.05) is 49.4 Å². The van der Waals surface area contributed by atoms with Gasteiger partial charge < -0.3 is 15.5 Å². The zero-order valence-electron chi connectivity index (χ0n) is 17.2. The third kappa shape index (κ3) is 4.83. The second kappa shape index (κ2) is 8.99. The van der Waals surface area contributed by atoms with Gasteiger partial charge in [0.15, 0.2) is 5.13 Å². The number of carbonyl (C=O) groups excluding carboxylic acids is 3. The van der Waals surface area contributed by atoms with Crippen molar-refractivity contribution >= 4 is 51.2 Å². The Labute approximate surface area is 188 Å². The average Bonchev–Trinajstić information content (AvgIpc) is 3.45. The smallest absolute Gasteiger partial charge is 0.231 e. The molecule has 0 radical (unpaired) electrons. The molecule has 0 aliphatic carbocycles. The first-order valence-electron chi connectivity index (χ1n) is 9.88. The zero-order chi connectivity index (χ0) is 22.0. The van der Waals surface area contributed by atoms with Crippen molar-refractivity contribution in [3.8, 4) is 10.6 Å². The molecule has 0 bridgehead atoms. The van der Waals surface area contributed by atoms with Crippen LogP contribution in [0, 0.1) is 12.8 Å². The van der Waals surface area contributed by atoms with Gasteiger partial charge in [0.05, 0.1) is 23.0 Å². The molecule has 1 atom stereocenters. The van der Waals surface area contributed by atoms with Gasteiger partial charge in [0.25, 0.3) is 0 Å². The number of rotatable bonds is 6. The number of hydrogen-bond acceptors (Lipinski definition) is 6. The van der Waals surface area contributed by atoms with Crippen LogP contribution < -0.4 is 15.5 Å². The molecule has 1 unspecified atom stereocenters. The predicted octanol–water partition coefficient (Wildman–Crippen LogP) is 3.81. The van der Waals surface area contributed by atoms with Gasteiger partial charge >= 0.3 is 0 Å². The van der Waals surface area contributed by atoms with Gasteiger partial charge in [-0.2, -0.15) is 0 Å². The van der Waals surface area contributed by atoms with Gasteiger partial charge in [-0.05, 0) is 31.2 Å². The summed E-state index contributed by atoms with van der Waals surface area (Å²) >= 11 is 2.98. The number of nitrogens with one attached hydrogen (secondary N) is 2. The van der Waals surface area contributed by atoms with E-state index >= 15 is 0 Å². The highest BCUT2D eigenvalue weighted by molar-refractivity contribution is 7.18. The maximum Gasteiger partial charge on any atom is 0.231 e. The monoisotopic (exact) mass is 454 g/mol. The van der Waals surface area contributed by atoms with Crippen molar-refractivity contribution < 1.29 is 14.4 Å². The number of thiazole rings is 1.